The summed E-state index contributed by atoms with van der Waals surface area (Å²) in [5, 5.41) is 3.62. The first kappa shape index (κ1) is 25.1. The first-order chi connectivity index (χ1) is 11.7. The lowest BCUT2D eigenvalue weighted by Gasteiger charge is -2.23. The summed E-state index contributed by atoms with van der Waals surface area (Å²) in [6.45, 7) is 13.0. The summed E-state index contributed by atoms with van der Waals surface area (Å²) in [6, 6.07) is 4.96. The van der Waals surface area contributed by atoms with Gasteiger partial charge >= 0.3 is 0 Å². The van der Waals surface area contributed by atoms with Crippen LogP contribution in [0.3, 0.4) is 0 Å². The predicted molar refractivity (Wildman–Crippen MR) is 115 cm³/mol. The number of ether oxygens (including phenoxy) is 2. The summed E-state index contributed by atoms with van der Waals surface area (Å²) in [5.41, 5.74) is 2.37. The van der Waals surface area contributed by atoms with Crippen LogP contribution < -0.4 is 14.8 Å². The SMILES string of the molecule is C=CCc1cc(CNCC2CCCN2CC)cc(OC)c1OCC.Cl.Cl. The normalized spacial score (nSPS) is 16.5. The number of likely N-dealkylation sites (tertiary alicyclic amines) is 1. The summed E-state index contributed by atoms with van der Waals surface area (Å²) >= 11 is 0. The Morgan fingerprint density at radius 2 is 2.08 bits per heavy atom. The Bertz CT molecular complexity index is 541. The van der Waals surface area contributed by atoms with Crippen molar-refractivity contribution in [2.24, 2.45) is 0 Å². The van der Waals surface area contributed by atoms with E-state index in [1.807, 2.05) is 13.0 Å². The molecule has 26 heavy (non-hydrogen) atoms. The number of nitrogens with zero attached hydrogens (tertiary/aromatic N) is 1. The molecule has 1 aliphatic heterocycles. The highest BCUT2D eigenvalue weighted by Gasteiger charge is 2.22. The summed E-state index contributed by atoms with van der Waals surface area (Å²) in [7, 11) is 1.70. The molecule has 1 aromatic rings. The standard InChI is InChI=1S/C20H32N2O2.2ClH/c1-5-9-17-12-16(13-19(23-4)20(17)24-7-3)14-21-15-18-10-8-11-22(18)6-2;;/h5,12-13,18,21H,1,6-11,14-15H2,2-4H3;2*1H. The van der Waals surface area contributed by atoms with E-state index in [1.54, 1.807) is 7.11 Å². The monoisotopic (exact) mass is 404 g/mol. The molecule has 1 heterocycles. The van der Waals surface area contributed by atoms with Crippen LogP contribution in [0.4, 0.5) is 0 Å². The number of hydrogen-bond acceptors (Lipinski definition) is 4. The van der Waals surface area contributed by atoms with Gasteiger partial charge in [0.05, 0.1) is 13.7 Å². The number of benzene rings is 1. The van der Waals surface area contributed by atoms with Gasteiger partial charge in [-0.25, -0.2) is 0 Å². The molecular weight excluding hydrogens is 371 g/mol. The molecule has 1 unspecified atom stereocenters. The van der Waals surface area contributed by atoms with Crippen molar-refractivity contribution in [2.45, 2.75) is 45.7 Å². The molecule has 6 heteroatoms. The van der Waals surface area contributed by atoms with Crippen molar-refractivity contribution < 1.29 is 9.47 Å². The fourth-order valence-electron chi connectivity index (χ4n) is 3.52. The zero-order chi connectivity index (χ0) is 17.4. The number of nitrogens with one attached hydrogen (secondary N) is 1. The number of methoxy groups -OCH3 is 1. The van der Waals surface area contributed by atoms with Crippen LogP contribution in [0, 0.1) is 0 Å². The van der Waals surface area contributed by atoms with E-state index >= 15 is 0 Å². The van der Waals surface area contributed by atoms with Gasteiger partial charge in [0.2, 0.25) is 0 Å². The molecule has 1 aliphatic rings. The van der Waals surface area contributed by atoms with Crippen LogP contribution in [0.25, 0.3) is 0 Å². The van der Waals surface area contributed by atoms with Gasteiger partial charge in [0, 0.05) is 24.7 Å². The molecule has 0 saturated carbocycles. The highest BCUT2D eigenvalue weighted by Crippen LogP contribution is 2.33. The van der Waals surface area contributed by atoms with Crippen molar-refractivity contribution in [1.29, 1.82) is 0 Å². The largest absolute Gasteiger partial charge is 0.493 e. The molecule has 1 saturated heterocycles. The molecule has 0 amide bonds. The average molecular weight is 405 g/mol. The Morgan fingerprint density at radius 3 is 2.69 bits per heavy atom. The minimum Gasteiger partial charge on any atom is -0.493 e. The second-order valence-electron chi connectivity index (χ2n) is 6.27. The summed E-state index contributed by atoms with van der Waals surface area (Å²) < 4.78 is 11.3. The lowest BCUT2D eigenvalue weighted by molar-refractivity contribution is 0.260. The molecule has 2 rings (SSSR count). The summed E-state index contributed by atoms with van der Waals surface area (Å²) in [5.74, 6) is 1.65. The summed E-state index contributed by atoms with van der Waals surface area (Å²) in [4.78, 5) is 2.56. The molecule has 0 spiro atoms. The first-order valence-corrected chi connectivity index (χ1v) is 9.11. The smallest absolute Gasteiger partial charge is 0.164 e. The molecule has 0 radical (unpaired) electrons. The Hall–Kier alpha value is -0.940. The van der Waals surface area contributed by atoms with E-state index in [1.165, 1.54) is 24.9 Å². The van der Waals surface area contributed by atoms with Crippen molar-refractivity contribution in [1.82, 2.24) is 10.2 Å². The third-order valence-electron chi connectivity index (χ3n) is 4.68. The van der Waals surface area contributed by atoms with E-state index in [9.17, 15) is 0 Å². The maximum Gasteiger partial charge on any atom is 0.164 e. The lowest BCUT2D eigenvalue weighted by atomic mass is 10.1. The fourth-order valence-corrected chi connectivity index (χ4v) is 3.52. The Kier molecular flexibility index (Phi) is 12.8. The van der Waals surface area contributed by atoms with E-state index in [4.69, 9.17) is 9.47 Å². The van der Waals surface area contributed by atoms with Crippen LogP contribution in [0.1, 0.15) is 37.8 Å². The number of halogens is 2. The van der Waals surface area contributed by atoms with E-state index in [2.05, 4.69) is 35.9 Å². The minimum absolute atomic E-state index is 0. The minimum atomic E-state index is 0. The zero-order valence-corrected chi connectivity index (χ0v) is 17.9. The predicted octanol–water partition coefficient (Wildman–Crippen LogP) is 4.24. The third-order valence-corrected chi connectivity index (χ3v) is 4.68. The molecule has 0 bridgehead atoms. The van der Waals surface area contributed by atoms with Crippen molar-refractivity contribution in [2.75, 3.05) is 33.4 Å². The van der Waals surface area contributed by atoms with Gasteiger partial charge in [0.15, 0.2) is 11.5 Å². The molecule has 1 aromatic carbocycles. The van der Waals surface area contributed by atoms with Crippen LogP contribution in [-0.4, -0.2) is 44.3 Å². The molecule has 1 atom stereocenters. The fraction of sp³-hybridized carbons (Fsp3) is 0.600. The van der Waals surface area contributed by atoms with Gasteiger partial charge in [0.1, 0.15) is 0 Å². The highest BCUT2D eigenvalue weighted by atomic mass is 35.5. The van der Waals surface area contributed by atoms with Gasteiger partial charge in [-0.3, -0.25) is 4.90 Å². The number of rotatable bonds is 10. The molecule has 0 aliphatic carbocycles. The first-order valence-electron chi connectivity index (χ1n) is 9.11. The molecule has 150 valence electrons. The third kappa shape index (κ3) is 6.66. The molecule has 4 nitrogen and oxygen atoms in total. The molecule has 1 fully saturated rings. The second kappa shape index (κ2) is 13.3. The van der Waals surface area contributed by atoms with Gasteiger partial charge in [-0.2, -0.15) is 0 Å². The summed E-state index contributed by atoms with van der Waals surface area (Å²) in [6.07, 6.45) is 5.31. The number of likely N-dealkylation sites (N-methyl/N-ethyl adjacent to an activating group) is 1. The van der Waals surface area contributed by atoms with Gasteiger partial charge in [0.25, 0.3) is 0 Å². The van der Waals surface area contributed by atoms with Crippen LogP contribution in [-0.2, 0) is 13.0 Å². The van der Waals surface area contributed by atoms with Crippen LogP contribution in [0.5, 0.6) is 11.5 Å². The molecule has 0 aromatic heterocycles. The van der Waals surface area contributed by atoms with Crippen LogP contribution in [0.2, 0.25) is 0 Å². The molecular formula is C20H34Cl2N2O2. The number of allylic oxidation sites excluding steroid dienone is 1. The van der Waals surface area contributed by atoms with Crippen molar-refractivity contribution in [3.8, 4) is 11.5 Å². The second-order valence-corrected chi connectivity index (χ2v) is 6.27. The van der Waals surface area contributed by atoms with Crippen molar-refractivity contribution >= 4 is 24.8 Å². The van der Waals surface area contributed by atoms with Gasteiger partial charge in [-0.1, -0.05) is 19.1 Å². The van der Waals surface area contributed by atoms with E-state index in [-0.39, 0.29) is 24.8 Å². The van der Waals surface area contributed by atoms with E-state index in [0.717, 1.165) is 43.1 Å². The van der Waals surface area contributed by atoms with Gasteiger partial charge in [-0.15, -0.1) is 31.4 Å². The van der Waals surface area contributed by atoms with Crippen LogP contribution >= 0.6 is 24.8 Å². The van der Waals surface area contributed by atoms with Gasteiger partial charge in [-0.05, 0) is 50.9 Å². The van der Waals surface area contributed by atoms with Gasteiger partial charge < -0.3 is 14.8 Å². The molecule has 1 N–H and O–H groups in total. The van der Waals surface area contributed by atoms with Crippen molar-refractivity contribution in [3.05, 3.63) is 35.9 Å². The van der Waals surface area contributed by atoms with Crippen molar-refractivity contribution in [3.63, 3.8) is 0 Å². The van der Waals surface area contributed by atoms with E-state index in [0.29, 0.717) is 12.6 Å². The van der Waals surface area contributed by atoms with Crippen LogP contribution in [0.15, 0.2) is 24.8 Å². The Balaban J connectivity index is 0.00000312. The van der Waals surface area contributed by atoms with E-state index < -0.39 is 0 Å². The maximum atomic E-state index is 5.78. The average Bonchev–Trinajstić information content (AvgIpc) is 3.04. The lowest BCUT2D eigenvalue weighted by Crippen LogP contribution is -2.37. The Morgan fingerprint density at radius 1 is 1.31 bits per heavy atom. The Labute approximate surface area is 171 Å². The highest BCUT2D eigenvalue weighted by molar-refractivity contribution is 5.85. The topological polar surface area (TPSA) is 33.7 Å². The maximum absolute atomic E-state index is 5.78. The number of hydrogen-bond donors (Lipinski definition) is 1. The quantitative estimate of drug-likeness (QED) is 0.591. The zero-order valence-electron chi connectivity index (χ0n) is 16.3.